The third-order valence-corrected chi connectivity index (χ3v) is 3.06. The van der Waals surface area contributed by atoms with Crippen molar-refractivity contribution in [1.82, 2.24) is 5.32 Å². The van der Waals surface area contributed by atoms with Gasteiger partial charge in [-0.2, -0.15) is 0 Å². The summed E-state index contributed by atoms with van der Waals surface area (Å²) in [5, 5.41) is 2.51. The number of carbonyl (C=O) groups excluding carboxylic acids is 3. The van der Waals surface area contributed by atoms with E-state index < -0.39 is 35.9 Å². The zero-order valence-corrected chi connectivity index (χ0v) is 15.4. The lowest BCUT2D eigenvalue weighted by atomic mass is 10.1. The molecule has 1 aromatic carbocycles. The van der Waals surface area contributed by atoms with E-state index in [0.717, 1.165) is 6.07 Å². The summed E-state index contributed by atoms with van der Waals surface area (Å²) in [7, 11) is 1.32. The summed E-state index contributed by atoms with van der Waals surface area (Å²) >= 11 is 0. The number of esters is 1. The summed E-state index contributed by atoms with van der Waals surface area (Å²) in [4.78, 5) is 34.9. The Hall–Kier alpha value is -2.64. The molecule has 0 spiro atoms. The van der Waals surface area contributed by atoms with E-state index in [9.17, 15) is 18.8 Å². The molecule has 0 heterocycles. The SMILES string of the molecule is COc1ccc(C(=O)COC(=O)CCCNC(=O)OC(C)(C)C)cc1F. The average Bonchev–Trinajstić information content (AvgIpc) is 2.54. The second-order valence-electron chi connectivity index (χ2n) is 6.47. The van der Waals surface area contributed by atoms with Crippen molar-refractivity contribution in [3.05, 3.63) is 29.6 Å². The molecule has 0 radical (unpaired) electrons. The van der Waals surface area contributed by atoms with E-state index in [2.05, 4.69) is 5.32 Å². The van der Waals surface area contributed by atoms with Gasteiger partial charge in [-0.25, -0.2) is 9.18 Å². The number of carbonyl (C=O) groups is 3. The van der Waals surface area contributed by atoms with Crippen molar-refractivity contribution in [1.29, 1.82) is 0 Å². The van der Waals surface area contributed by atoms with Crippen molar-refractivity contribution >= 4 is 17.8 Å². The van der Waals surface area contributed by atoms with Crippen LogP contribution in [0.25, 0.3) is 0 Å². The van der Waals surface area contributed by atoms with Crippen molar-refractivity contribution in [3.63, 3.8) is 0 Å². The van der Waals surface area contributed by atoms with Gasteiger partial charge >= 0.3 is 12.1 Å². The molecule has 0 fully saturated rings. The van der Waals surface area contributed by atoms with Crippen LogP contribution in [0.4, 0.5) is 9.18 Å². The molecule has 0 bridgehead atoms. The molecule has 0 aromatic heterocycles. The Bertz CT molecular complexity index is 654. The van der Waals surface area contributed by atoms with E-state index in [1.807, 2.05) is 0 Å². The second kappa shape index (κ2) is 9.74. The Morgan fingerprint density at radius 2 is 1.88 bits per heavy atom. The van der Waals surface area contributed by atoms with Gasteiger partial charge in [0.2, 0.25) is 0 Å². The van der Waals surface area contributed by atoms with Gasteiger partial charge in [0.1, 0.15) is 5.60 Å². The quantitative estimate of drug-likeness (QED) is 0.430. The maximum atomic E-state index is 13.6. The number of rotatable bonds is 8. The number of amides is 1. The lowest BCUT2D eigenvalue weighted by molar-refractivity contribution is -0.142. The van der Waals surface area contributed by atoms with Crippen molar-refractivity contribution < 1.29 is 33.0 Å². The van der Waals surface area contributed by atoms with E-state index in [4.69, 9.17) is 14.2 Å². The molecule has 0 aliphatic carbocycles. The van der Waals surface area contributed by atoms with Crippen LogP contribution >= 0.6 is 0 Å². The highest BCUT2D eigenvalue weighted by molar-refractivity contribution is 5.98. The molecule has 0 atom stereocenters. The fourth-order valence-corrected chi connectivity index (χ4v) is 1.88. The average molecular weight is 369 g/mol. The number of alkyl carbamates (subject to hydrolysis) is 1. The highest BCUT2D eigenvalue weighted by Crippen LogP contribution is 2.18. The summed E-state index contributed by atoms with van der Waals surface area (Å²) in [6.07, 6.45) is -0.202. The van der Waals surface area contributed by atoms with Crippen molar-refractivity contribution in [2.24, 2.45) is 0 Å². The molecular formula is C18H24FNO6. The van der Waals surface area contributed by atoms with Crippen LogP contribution in [0.15, 0.2) is 18.2 Å². The molecule has 0 unspecified atom stereocenters. The number of benzene rings is 1. The molecule has 7 nitrogen and oxygen atoms in total. The zero-order valence-electron chi connectivity index (χ0n) is 15.4. The van der Waals surface area contributed by atoms with E-state index in [0.29, 0.717) is 6.42 Å². The number of methoxy groups -OCH3 is 1. The van der Waals surface area contributed by atoms with Gasteiger partial charge in [-0.05, 0) is 45.4 Å². The lowest BCUT2D eigenvalue weighted by Gasteiger charge is -2.19. The van der Waals surface area contributed by atoms with Gasteiger partial charge < -0.3 is 19.5 Å². The van der Waals surface area contributed by atoms with Crippen LogP contribution in [0.1, 0.15) is 44.0 Å². The van der Waals surface area contributed by atoms with Crippen LogP contribution in [0.2, 0.25) is 0 Å². The number of ether oxygens (including phenoxy) is 3. The number of halogens is 1. The standard InChI is InChI=1S/C18H24FNO6/c1-18(2,3)26-17(23)20-9-5-6-16(22)25-11-14(21)12-7-8-15(24-4)13(19)10-12/h7-8,10H,5-6,9,11H2,1-4H3,(H,20,23). The molecule has 144 valence electrons. The summed E-state index contributed by atoms with van der Waals surface area (Å²) < 4.78 is 28.2. The van der Waals surface area contributed by atoms with E-state index in [1.54, 1.807) is 20.8 Å². The Kier molecular flexibility index (Phi) is 8.02. The predicted octanol–water partition coefficient (Wildman–Crippen LogP) is 2.87. The molecule has 0 saturated carbocycles. The summed E-state index contributed by atoms with van der Waals surface area (Å²) in [5.74, 6) is -1.75. The number of hydrogen-bond acceptors (Lipinski definition) is 6. The van der Waals surface area contributed by atoms with Crippen molar-refractivity contribution in [2.75, 3.05) is 20.3 Å². The third-order valence-electron chi connectivity index (χ3n) is 3.06. The molecule has 26 heavy (non-hydrogen) atoms. The maximum Gasteiger partial charge on any atom is 0.407 e. The molecule has 0 saturated heterocycles. The largest absolute Gasteiger partial charge is 0.494 e. The molecule has 1 rings (SSSR count). The van der Waals surface area contributed by atoms with Crippen molar-refractivity contribution in [2.45, 2.75) is 39.2 Å². The van der Waals surface area contributed by atoms with E-state index in [-0.39, 0.29) is 24.3 Å². The van der Waals surface area contributed by atoms with Gasteiger partial charge in [0.25, 0.3) is 0 Å². The number of ketones is 1. The first-order valence-electron chi connectivity index (χ1n) is 8.11. The minimum absolute atomic E-state index is 0.0241. The third kappa shape index (κ3) is 7.96. The minimum Gasteiger partial charge on any atom is -0.494 e. The normalized spacial score (nSPS) is 10.8. The molecule has 1 amide bonds. The number of nitrogens with one attached hydrogen (secondary N) is 1. The van der Waals surface area contributed by atoms with Crippen LogP contribution in [0.5, 0.6) is 5.75 Å². The van der Waals surface area contributed by atoms with E-state index in [1.165, 1.54) is 19.2 Å². The number of hydrogen-bond donors (Lipinski definition) is 1. The Morgan fingerprint density at radius 1 is 1.19 bits per heavy atom. The van der Waals surface area contributed by atoms with Gasteiger partial charge in [-0.15, -0.1) is 0 Å². The molecule has 1 N–H and O–H groups in total. The smallest absolute Gasteiger partial charge is 0.407 e. The Labute approximate surface area is 151 Å². The van der Waals surface area contributed by atoms with Crippen LogP contribution < -0.4 is 10.1 Å². The van der Waals surface area contributed by atoms with Crippen molar-refractivity contribution in [3.8, 4) is 5.75 Å². The predicted molar refractivity (Wildman–Crippen MR) is 91.7 cm³/mol. The lowest BCUT2D eigenvalue weighted by Crippen LogP contribution is -2.33. The number of Topliss-reactive ketones (excluding diaryl/α,β-unsaturated/α-hetero) is 1. The summed E-state index contributed by atoms with van der Waals surface area (Å²) in [6, 6.07) is 3.75. The van der Waals surface area contributed by atoms with Gasteiger partial charge in [-0.1, -0.05) is 0 Å². The highest BCUT2D eigenvalue weighted by atomic mass is 19.1. The monoisotopic (exact) mass is 369 g/mol. The van der Waals surface area contributed by atoms with E-state index >= 15 is 0 Å². The molecule has 1 aromatic rings. The fraction of sp³-hybridized carbons (Fsp3) is 0.500. The minimum atomic E-state index is -0.669. The maximum absolute atomic E-state index is 13.6. The molecule has 0 aliphatic rings. The molecule has 0 aliphatic heterocycles. The summed E-state index contributed by atoms with van der Waals surface area (Å²) in [6.45, 7) is 4.99. The van der Waals surface area contributed by atoms with Gasteiger partial charge in [0.15, 0.2) is 24.0 Å². The topological polar surface area (TPSA) is 90.9 Å². The first-order valence-corrected chi connectivity index (χ1v) is 8.11. The van der Waals surface area contributed by atoms with Crippen LogP contribution in [-0.4, -0.2) is 43.7 Å². The molecular weight excluding hydrogens is 345 g/mol. The van der Waals surface area contributed by atoms with Crippen LogP contribution in [-0.2, 0) is 14.3 Å². The van der Waals surface area contributed by atoms with Gasteiger partial charge in [0.05, 0.1) is 7.11 Å². The Morgan fingerprint density at radius 3 is 2.46 bits per heavy atom. The highest BCUT2D eigenvalue weighted by Gasteiger charge is 2.16. The second-order valence-corrected chi connectivity index (χ2v) is 6.47. The Balaban J connectivity index is 2.28. The summed E-state index contributed by atoms with van der Waals surface area (Å²) in [5.41, 5.74) is -0.507. The van der Waals surface area contributed by atoms with Gasteiger partial charge in [0, 0.05) is 18.5 Å². The van der Waals surface area contributed by atoms with Crippen LogP contribution in [0, 0.1) is 5.82 Å². The fourth-order valence-electron chi connectivity index (χ4n) is 1.88. The first-order chi connectivity index (χ1) is 12.1. The van der Waals surface area contributed by atoms with Crippen LogP contribution in [0.3, 0.4) is 0 Å². The van der Waals surface area contributed by atoms with Gasteiger partial charge in [-0.3, -0.25) is 9.59 Å². The first kappa shape index (κ1) is 21.4. The molecule has 8 heteroatoms. The zero-order chi connectivity index (χ0) is 19.7.